The Kier molecular flexibility index (Phi) is 4.76. The van der Waals surface area contributed by atoms with Crippen molar-refractivity contribution in [3.8, 4) is 0 Å². The highest BCUT2D eigenvalue weighted by molar-refractivity contribution is 7.13. The molecule has 2 unspecified atom stereocenters. The van der Waals surface area contributed by atoms with Gasteiger partial charge in [-0.25, -0.2) is 4.98 Å². The number of thiazole rings is 1. The van der Waals surface area contributed by atoms with Crippen molar-refractivity contribution in [3.05, 3.63) is 40.9 Å². The van der Waals surface area contributed by atoms with Crippen LogP contribution >= 0.6 is 11.3 Å². The lowest BCUT2D eigenvalue weighted by Gasteiger charge is -2.16. The van der Waals surface area contributed by atoms with Gasteiger partial charge in [0.1, 0.15) is 0 Å². The zero-order chi connectivity index (χ0) is 15.5. The SMILES string of the molecule is Cc1ccccc1Nc1nc(CN2CCC(C(C)O)C2)cs1. The highest BCUT2D eigenvalue weighted by Crippen LogP contribution is 2.26. The van der Waals surface area contributed by atoms with Crippen LogP contribution in [0.25, 0.3) is 0 Å². The molecule has 1 aliphatic rings. The third-order valence-electron chi connectivity index (χ3n) is 4.32. The Morgan fingerprint density at radius 1 is 1.45 bits per heavy atom. The molecule has 2 atom stereocenters. The van der Waals surface area contributed by atoms with Crippen LogP contribution in [0.2, 0.25) is 0 Å². The number of para-hydroxylation sites is 1. The molecule has 118 valence electrons. The normalized spacial score (nSPS) is 20.2. The van der Waals surface area contributed by atoms with Crippen molar-refractivity contribution in [2.75, 3.05) is 18.4 Å². The zero-order valence-electron chi connectivity index (χ0n) is 13.1. The second-order valence-electron chi connectivity index (χ2n) is 6.11. The largest absolute Gasteiger partial charge is 0.393 e. The van der Waals surface area contributed by atoms with Gasteiger partial charge in [0, 0.05) is 24.2 Å². The third kappa shape index (κ3) is 3.66. The number of anilines is 2. The Morgan fingerprint density at radius 2 is 2.27 bits per heavy atom. The summed E-state index contributed by atoms with van der Waals surface area (Å²) < 4.78 is 0. The maximum Gasteiger partial charge on any atom is 0.187 e. The summed E-state index contributed by atoms with van der Waals surface area (Å²) >= 11 is 1.65. The lowest BCUT2D eigenvalue weighted by molar-refractivity contribution is 0.127. The van der Waals surface area contributed by atoms with Gasteiger partial charge in [-0.05, 0) is 44.4 Å². The smallest absolute Gasteiger partial charge is 0.187 e. The molecule has 3 rings (SSSR count). The van der Waals surface area contributed by atoms with Crippen LogP contribution in [-0.4, -0.2) is 34.2 Å². The van der Waals surface area contributed by atoms with E-state index in [1.54, 1.807) is 11.3 Å². The van der Waals surface area contributed by atoms with E-state index in [1.165, 1.54) is 5.56 Å². The fourth-order valence-electron chi connectivity index (χ4n) is 2.89. The summed E-state index contributed by atoms with van der Waals surface area (Å²) in [5.41, 5.74) is 3.43. The fourth-order valence-corrected chi connectivity index (χ4v) is 3.61. The summed E-state index contributed by atoms with van der Waals surface area (Å²) in [6, 6.07) is 8.24. The summed E-state index contributed by atoms with van der Waals surface area (Å²) in [5, 5.41) is 16.1. The number of aliphatic hydroxyl groups is 1. The van der Waals surface area contributed by atoms with E-state index in [9.17, 15) is 5.11 Å². The van der Waals surface area contributed by atoms with Gasteiger partial charge in [0.2, 0.25) is 0 Å². The molecule has 1 aromatic heterocycles. The molecular weight excluding hydrogens is 294 g/mol. The first-order valence-electron chi connectivity index (χ1n) is 7.79. The summed E-state index contributed by atoms with van der Waals surface area (Å²) in [6.45, 7) is 6.87. The van der Waals surface area contributed by atoms with Crippen molar-refractivity contribution in [2.45, 2.75) is 32.9 Å². The Hall–Kier alpha value is -1.43. The molecular formula is C17H23N3OS. The standard InChI is InChI=1S/C17H23N3OS/c1-12-5-3-4-6-16(12)19-17-18-15(11-22-17)10-20-8-7-14(9-20)13(2)21/h3-6,11,13-14,21H,7-10H2,1-2H3,(H,18,19). The number of aromatic nitrogens is 1. The number of hydrogen-bond donors (Lipinski definition) is 2. The first-order valence-corrected chi connectivity index (χ1v) is 8.67. The maximum absolute atomic E-state index is 9.68. The first kappa shape index (κ1) is 15.5. The molecule has 22 heavy (non-hydrogen) atoms. The van der Waals surface area contributed by atoms with Gasteiger partial charge < -0.3 is 10.4 Å². The molecule has 5 heteroatoms. The van der Waals surface area contributed by atoms with Gasteiger partial charge in [0.25, 0.3) is 0 Å². The van der Waals surface area contributed by atoms with Crippen LogP contribution in [0.5, 0.6) is 0 Å². The van der Waals surface area contributed by atoms with Crippen LogP contribution in [0.4, 0.5) is 10.8 Å². The molecule has 1 aliphatic heterocycles. The number of hydrogen-bond acceptors (Lipinski definition) is 5. The topological polar surface area (TPSA) is 48.4 Å². The van der Waals surface area contributed by atoms with E-state index >= 15 is 0 Å². The number of aryl methyl sites for hydroxylation is 1. The summed E-state index contributed by atoms with van der Waals surface area (Å²) in [7, 11) is 0. The molecule has 0 aliphatic carbocycles. The molecule has 0 saturated carbocycles. The fraction of sp³-hybridized carbons (Fsp3) is 0.471. The third-order valence-corrected chi connectivity index (χ3v) is 5.12. The number of benzene rings is 1. The molecule has 1 saturated heterocycles. The van der Waals surface area contributed by atoms with Crippen molar-refractivity contribution in [1.82, 2.24) is 9.88 Å². The average molecular weight is 317 g/mol. The second kappa shape index (κ2) is 6.77. The second-order valence-corrected chi connectivity index (χ2v) is 6.97. The lowest BCUT2D eigenvalue weighted by atomic mass is 10.0. The van der Waals surface area contributed by atoms with E-state index < -0.39 is 0 Å². The highest BCUT2D eigenvalue weighted by atomic mass is 32.1. The predicted molar refractivity (Wildman–Crippen MR) is 91.6 cm³/mol. The van der Waals surface area contributed by atoms with Crippen LogP contribution < -0.4 is 5.32 Å². The van der Waals surface area contributed by atoms with Gasteiger partial charge in [-0.1, -0.05) is 18.2 Å². The van der Waals surface area contributed by atoms with Crippen molar-refractivity contribution >= 4 is 22.2 Å². The van der Waals surface area contributed by atoms with E-state index in [2.05, 4.69) is 39.6 Å². The van der Waals surface area contributed by atoms with Gasteiger partial charge >= 0.3 is 0 Å². The summed E-state index contributed by atoms with van der Waals surface area (Å²) in [5.74, 6) is 0.406. The van der Waals surface area contributed by atoms with Gasteiger partial charge in [-0.3, -0.25) is 4.90 Å². The van der Waals surface area contributed by atoms with Crippen molar-refractivity contribution in [3.63, 3.8) is 0 Å². The Labute approximate surface area is 135 Å². The molecule has 2 N–H and O–H groups in total. The van der Waals surface area contributed by atoms with Gasteiger partial charge in [-0.2, -0.15) is 0 Å². The summed E-state index contributed by atoms with van der Waals surface area (Å²) in [4.78, 5) is 7.06. The number of nitrogens with zero attached hydrogens (tertiary/aromatic N) is 2. The van der Waals surface area contributed by atoms with E-state index in [0.29, 0.717) is 5.92 Å². The van der Waals surface area contributed by atoms with Crippen molar-refractivity contribution in [1.29, 1.82) is 0 Å². The number of likely N-dealkylation sites (tertiary alicyclic amines) is 1. The molecule has 2 heterocycles. The lowest BCUT2D eigenvalue weighted by Crippen LogP contribution is -2.24. The van der Waals surface area contributed by atoms with E-state index in [1.807, 2.05) is 19.1 Å². The molecule has 4 nitrogen and oxygen atoms in total. The van der Waals surface area contributed by atoms with Gasteiger partial charge in [0.15, 0.2) is 5.13 Å². The van der Waals surface area contributed by atoms with Crippen LogP contribution in [0, 0.1) is 12.8 Å². The number of rotatable bonds is 5. The van der Waals surface area contributed by atoms with Crippen LogP contribution in [0.3, 0.4) is 0 Å². The molecule has 1 fully saturated rings. The van der Waals surface area contributed by atoms with E-state index in [0.717, 1.165) is 42.6 Å². The minimum Gasteiger partial charge on any atom is -0.393 e. The molecule has 2 aromatic rings. The maximum atomic E-state index is 9.68. The van der Waals surface area contributed by atoms with Gasteiger partial charge in [0.05, 0.1) is 11.8 Å². The molecule has 0 spiro atoms. The average Bonchev–Trinajstić information content (AvgIpc) is 3.12. The van der Waals surface area contributed by atoms with Crippen LogP contribution in [-0.2, 0) is 6.54 Å². The minimum absolute atomic E-state index is 0.210. The minimum atomic E-state index is -0.210. The number of aliphatic hydroxyl groups excluding tert-OH is 1. The molecule has 0 radical (unpaired) electrons. The number of nitrogens with one attached hydrogen (secondary N) is 1. The molecule has 0 bridgehead atoms. The monoisotopic (exact) mass is 317 g/mol. The Bertz CT molecular complexity index is 626. The van der Waals surface area contributed by atoms with Crippen molar-refractivity contribution < 1.29 is 5.11 Å². The quantitative estimate of drug-likeness (QED) is 0.887. The molecule has 1 aromatic carbocycles. The molecule has 0 amide bonds. The Morgan fingerprint density at radius 3 is 3.00 bits per heavy atom. The summed E-state index contributed by atoms with van der Waals surface area (Å²) in [6.07, 6.45) is 0.870. The van der Waals surface area contributed by atoms with E-state index in [-0.39, 0.29) is 6.10 Å². The first-order chi connectivity index (χ1) is 10.6. The van der Waals surface area contributed by atoms with Crippen LogP contribution in [0.15, 0.2) is 29.6 Å². The highest BCUT2D eigenvalue weighted by Gasteiger charge is 2.26. The predicted octanol–water partition coefficient (Wildman–Crippen LogP) is 3.40. The van der Waals surface area contributed by atoms with Crippen LogP contribution in [0.1, 0.15) is 24.6 Å². The van der Waals surface area contributed by atoms with Gasteiger partial charge in [-0.15, -0.1) is 11.3 Å². The van der Waals surface area contributed by atoms with Crippen molar-refractivity contribution in [2.24, 2.45) is 5.92 Å². The Balaban J connectivity index is 1.59. The van der Waals surface area contributed by atoms with E-state index in [4.69, 9.17) is 0 Å². The zero-order valence-corrected chi connectivity index (χ0v) is 13.9.